The first kappa shape index (κ1) is 38.9. The maximum absolute atomic E-state index is 14.7. The smallest absolute Gasteiger partial charge is 0.496 e. The molecule has 2 atom stereocenters. The molecule has 7 nitrogen and oxygen atoms in total. The molecule has 0 aliphatic carbocycles. The van der Waals surface area contributed by atoms with E-state index in [9.17, 15) is 53.5 Å². The second-order valence-corrected chi connectivity index (χ2v) is 11.1. The summed E-state index contributed by atoms with van der Waals surface area (Å²) >= 11 is 0. The number of halogens is 10. The molecule has 0 aliphatic rings. The van der Waals surface area contributed by atoms with Gasteiger partial charge in [0.05, 0.1) is 23.8 Å². The van der Waals surface area contributed by atoms with Crippen molar-refractivity contribution in [3.63, 3.8) is 0 Å². The highest BCUT2D eigenvalue weighted by Crippen LogP contribution is 2.41. The average Bonchev–Trinajstić information content (AvgIpc) is 2.99. The molecule has 2 N–H and O–H groups in total. The number of carboxylic acids is 1. The summed E-state index contributed by atoms with van der Waals surface area (Å²) in [4.78, 5) is 23.1. The largest absolute Gasteiger partial charge is 0.509 e. The first-order valence-electron chi connectivity index (χ1n) is 14.2. The van der Waals surface area contributed by atoms with Crippen LogP contribution in [0.2, 0.25) is 0 Å². The highest BCUT2D eigenvalue weighted by molar-refractivity contribution is 5.75. The summed E-state index contributed by atoms with van der Waals surface area (Å²) in [6, 6.07) is 3.92. The minimum absolute atomic E-state index is 0.0537. The van der Waals surface area contributed by atoms with Crippen LogP contribution >= 0.6 is 0 Å². The zero-order valence-electron chi connectivity index (χ0n) is 26.0. The van der Waals surface area contributed by atoms with E-state index in [1.54, 1.807) is 13.8 Å². The van der Waals surface area contributed by atoms with Crippen LogP contribution in [0.3, 0.4) is 0 Å². The van der Waals surface area contributed by atoms with Gasteiger partial charge in [-0.2, -0.15) is 39.5 Å². The lowest BCUT2D eigenvalue weighted by atomic mass is 9.92. The molecule has 0 fully saturated rings. The van der Waals surface area contributed by atoms with E-state index in [4.69, 9.17) is 14.6 Å². The number of methoxy groups -OCH3 is 1. The van der Waals surface area contributed by atoms with Crippen molar-refractivity contribution in [2.24, 2.45) is 0 Å². The zero-order valence-corrected chi connectivity index (χ0v) is 26.0. The van der Waals surface area contributed by atoms with E-state index in [1.165, 1.54) is 13.2 Å². The molecule has 268 valence electrons. The first-order valence-corrected chi connectivity index (χ1v) is 14.2. The fourth-order valence-corrected chi connectivity index (χ4v) is 4.81. The van der Waals surface area contributed by atoms with Gasteiger partial charge in [0.15, 0.2) is 6.61 Å². The molecule has 0 saturated carbocycles. The molecule has 0 amide bonds. The topological polar surface area (TPSA) is 94.1 Å². The van der Waals surface area contributed by atoms with Crippen LogP contribution in [0.5, 0.6) is 5.75 Å². The van der Waals surface area contributed by atoms with Crippen molar-refractivity contribution in [1.29, 1.82) is 0 Å². The van der Waals surface area contributed by atoms with Gasteiger partial charge < -0.3 is 24.6 Å². The quantitative estimate of drug-likeness (QED) is 0.151. The van der Waals surface area contributed by atoms with E-state index in [2.05, 4.69) is 10.1 Å². The number of benzene rings is 3. The average molecular weight is 714 g/mol. The molecule has 0 aromatic heterocycles. The number of carbonyl (C=O) groups excluding carboxylic acids is 1. The Morgan fingerprint density at radius 3 is 1.86 bits per heavy atom. The first-order chi connectivity index (χ1) is 22.5. The predicted molar refractivity (Wildman–Crippen MR) is 153 cm³/mol. The number of carboxylic acid groups (broad SMARTS) is 1. The molecule has 0 spiro atoms. The number of carbonyl (C=O) groups is 2. The van der Waals surface area contributed by atoms with Crippen molar-refractivity contribution in [3.05, 3.63) is 87.7 Å². The second kappa shape index (κ2) is 14.9. The van der Waals surface area contributed by atoms with E-state index in [1.807, 2.05) is 0 Å². The van der Waals surface area contributed by atoms with Gasteiger partial charge >= 0.3 is 30.7 Å². The van der Waals surface area contributed by atoms with Crippen LogP contribution in [0.25, 0.3) is 11.1 Å². The Labute approximate surface area is 272 Å². The molecule has 0 saturated heterocycles. The Kier molecular flexibility index (Phi) is 11.8. The van der Waals surface area contributed by atoms with Crippen LogP contribution in [0.1, 0.15) is 66.2 Å². The SMILES string of the molecule is COc1cc(F)c(C(C)C)cc1-c1ccc(C(F)(F)F)cc1CN[C@@H](C)[C@H](OC(=O)OCC(=O)O)c1cc(C(F)(F)F)cc(C(F)(F)F)c1. The lowest BCUT2D eigenvalue weighted by molar-refractivity contribution is -0.144. The van der Waals surface area contributed by atoms with Gasteiger partial charge in [0.25, 0.3) is 0 Å². The van der Waals surface area contributed by atoms with Gasteiger partial charge in [0.1, 0.15) is 17.7 Å². The molecule has 0 bridgehead atoms. The molecule has 3 rings (SSSR count). The summed E-state index contributed by atoms with van der Waals surface area (Å²) in [7, 11) is 1.20. The Balaban J connectivity index is 2.15. The Hall–Kier alpha value is -4.54. The minimum atomic E-state index is -5.29. The van der Waals surface area contributed by atoms with E-state index in [-0.39, 0.29) is 52.1 Å². The van der Waals surface area contributed by atoms with E-state index >= 15 is 0 Å². The van der Waals surface area contributed by atoms with Gasteiger partial charge in [0.2, 0.25) is 0 Å². The molecular weight excluding hydrogens is 684 g/mol. The minimum Gasteiger partial charge on any atom is -0.496 e. The van der Waals surface area contributed by atoms with Crippen LogP contribution < -0.4 is 10.1 Å². The van der Waals surface area contributed by atoms with Crippen molar-refractivity contribution in [1.82, 2.24) is 5.32 Å². The molecule has 0 aliphatic heterocycles. The van der Waals surface area contributed by atoms with Gasteiger partial charge in [0, 0.05) is 24.2 Å². The molecule has 0 unspecified atom stereocenters. The Bertz CT molecular complexity index is 1640. The third kappa shape index (κ3) is 9.99. The Morgan fingerprint density at radius 2 is 1.37 bits per heavy atom. The summed E-state index contributed by atoms with van der Waals surface area (Å²) in [5.41, 5.74) is -5.14. The summed E-state index contributed by atoms with van der Waals surface area (Å²) in [6.07, 6.45) is -19.2. The van der Waals surface area contributed by atoms with Crippen molar-refractivity contribution < 1.29 is 72.8 Å². The fourth-order valence-electron chi connectivity index (χ4n) is 4.81. The molecular formula is C32H29F10NO6. The van der Waals surface area contributed by atoms with Gasteiger partial charge in [-0.25, -0.2) is 14.0 Å². The number of rotatable bonds is 11. The lowest BCUT2D eigenvalue weighted by Gasteiger charge is -2.27. The molecule has 3 aromatic rings. The van der Waals surface area contributed by atoms with Crippen LogP contribution in [0, 0.1) is 5.82 Å². The highest BCUT2D eigenvalue weighted by Gasteiger charge is 2.39. The van der Waals surface area contributed by atoms with Gasteiger partial charge in [-0.1, -0.05) is 19.9 Å². The van der Waals surface area contributed by atoms with Gasteiger partial charge in [-0.15, -0.1) is 0 Å². The monoisotopic (exact) mass is 713 g/mol. The van der Waals surface area contributed by atoms with Crippen LogP contribution in [-0.2, 0) is 39.3 Å². The number of nitrogens with one attached hydrogen (secondary N) is 1. The fraction of sp³-hybridized carbons (Fsp3) is 0.375. The van der Waals surface area contributed by atoms with Crippen LogP contribution in [0.4, 0.5) is 48.7 Å². The van der Waals surface area contributed by atoms with Crippen molar-refractivity contribution in [3.8, 4) is 16.9 Å². The van der Waals surface area contributed by atoms with E-state index in [0.29, 0.717) is 0 Å². The zero-order chi connectivity index (χ0) is 37.1. The normalized spacial score (nSPS) is 13.6. The van der Waals surface area contributed by atoms with E-state index in [0.717, 1.165) is 31.2 Å². The third-order valence-corrected chi connectivity index (χ3v) is 7.21. The molecule has 3 aromatic carbocycles. The molecule has 49 heavy (non-hydrogen) atoms. The maximum Gasteiger partial charge on any atom is 0.509 e. The molecule has 17 heteroatoms. The second-order valence-electron chi connectivity index (χ2n) is 11.1. The van der Waals surface area contributed by atoms with Crippen LogP contribution in [0.15, 0.2) is 48.5 Å². The summed E-state index contributed by atoms with van der Waals surface area (Å²) in [5, 5.41) is 11.4. The molecule has 0 radical (unpaired) electrons. The summed E-state index contributed by atoms with van der Waals surface area (Å²) < 4.78 is 153. The molecule has 0 heterocycles. The standard InChI is InChI=1S/C32H29F10NO6/c1-15(2)23-11-24(26(47-4)12-25(23)33)22-6-5-19(30(34,35)36)9-18(22)13-43-16(3)28(49-29(46)48-14-27(44)45)17-7-20(31(37,38)39)10-21(8-17)32(40,41)42/h5-12,15-16,28,43H,13-14H2,1-4H3,(H,44,45)/t16-,28-/m0/s1. The van der Waals surface area contributed by atoms with Crippen molar-refractivity contribution in [2.45, 2.75) is 63.9 Å². The van der Waals surface area contributed by atoms with Gasteiger partial charge in [-0.05, 0) is 71.5 Å². The maximum atomic E-state index is 14.7. The predicted octanol–water partition coefficient (Wildman–Crippen LogP) is 9.14. The number of hydrogen-bond donors (Lipinski definition) is 2. The lowest BCUT2D eigenvalue weighted by Crippen LogP contribution is -2.35. The van der Waals surface area contributed by atoms with Crippen LogP contribution in [-0.4, -0.2) is 37.0 Å². The van der Waals surface area contributed by atoms with Crippen molar-refractivity contribution in [2.75, 3.05) is 13.7 Å². The third-order valence-electron chi connectivity index (χ3n) is 7.21. The van der Waals surface area contributed by atoms with E-state index < -0.39 is 84.0 Å². The highest BCUT2D eigenvalue weighted by atomic mass is 19.4. The van der Waals surface area contributed by atoms with Crippen molar-refractivity contribution >= 4 is 12.1 Å². The Morgan fingerprint density at radius 1 is 0.796 bits per heavy atom. The summed E-state index contributed by atoms with van der Waals surface area (Å²) in [6.45, 7) is 2.66. The number of aliphatic carboxylic acids is 1. The number of alkyl halides is 9. The summed E-state index contributed by atoms with van der Waals surface area (Å²) in [5.74, 6) is -2.73. The number of hydrogen-bond acceptors (Lipinski definition) is 6. The number of ether oxygens (including phenoxy) is 3. The van der Waals surface area contributed by atoms with Gasteiger partial charge in [-0.3, -0.25) is 0 Å².